The van der Waals surface area contributed by atoms with Crippen LogP contribution in [0.3, 0.4) is 0 Å². The summed E-state index contributed by atoms with van der Waals surface area (Å²) in [6.07, 6.45) is 2.26. The average Bonchev–Trinajstić information content (AvgIpc) is 2.18. The van der Waals surface area contributed by atoms with E-state index in [9.17, 15) is 4.79 Å². The Morgan fingerprint density at radius 1 is 1.44 bits per heavy atom. The van der Waals surface area contributed by atoms with Gasteiger partial charge in [-0.05, 0) is 53.4 Å². The first kappa shape index (κ1) is 12.3. The number of carboxylic acid groups (broad SMARTS) is 1. The molecule has 0 heterocycles. The van der Waals surface area contributed by atoms with E-state index in [2.05, 4.69) is 15.9 Å². The molecule has 0 spiro atoms. The number of rotatable bonds is 4. The number of ether oxygens (including phenoxy) is 1. The standard InChI is InChI=1S/C13H12BrClO3/c14-9-3-8(1-2-10(9)15)18-7-12-4-13(5-12,6-12)11(16)17/h1-3H,4-7H2,(H,16,17). The lowest BCUT2D eigenvalue weighted by atomic mass is 9.35. The van der Waals surface area contributed by atoms with Gasteiger partial charge in [0.25, 0.3) is 0 Å². The Kier molecular flexibility index (Phi) is 2.65. The first-order valence-corrected chi connectivity index (χ1v) is 6.93. The third-order valence-electron chi connectivity index (χ3n) is 4.03. The van der Waals surface area contributed by atoms with E-state index >= 15 is 0 Å². The molecule has 0 unspecified atom stereocenters. The molecule has 0 aliphatic heterocycles. The zero-order chi connectivity index (χ0) is 13.0. The molecule has 1 aromatic carbocycles. The van der Waals surface area contributed by atoms with Crippen molar-refractivity contribution in [3.8, 4) is 5.75 Å². The lowest BCUT2D eigenvalue weighted by molar-refractivity contribution is -0.231. The molecule has 0 saturated heterocycles. The number of aliphatic carboxylic acids is 1. The van der Waals surface area contributed by atoms with Gasteiger partial charge in [-0.15, -0.1) is 0 Å². The van der Waals surface area contributed by atoms with Gasteiger partial charge >= 0.3 is 5.97 Å². The van der Waals surface area contributed by atoms with Crippen molar-refractivity contribution in [3.05, 3.63) is 27.7 Å². The quantitative estimate of drug-likeness (QED) is 0.914. The molecule has 4 rings (SSSR count). The van der Waals surface area contributed by atoms with Crippen LogP contribution in [0.25, 0.3) is 0 Å². The monoisotopic (exact) mass is 330 g/mol. The Morgan fingerprint density at radius 3 is 2.67 bits per heavy atom. The number of benzene rings is 1. The second-order valence-corrected chi connectivity index (χ2v) is 6.74. The Morgan fingerprint density at radius 2 is 2.11 bits per heavy atom. The molecule has 0 atom stereocenters. The molecule has 3 aliphatic rings. The van der Waals surface area contributed by atoms with Crippen LogP contribution in [-0.4, -0.2) is 17.7 Å². The predicted octanol–water partition coefficient (Wildman–Crippen LogP) is 3.74. The Hall–Kier alpha value is -0.740. The second-order valence-electron chi connectivity index (χ2n) is 5.48. The molecule has 3 saturated carbocycles. The number of halogens is 2. The molecule has 2 bridgehead atoms. The molecule has 3 aliphatic carbocycles. The van der Waals surface area contributed by atoms with E-state index in [1.165, 1.54) is 0 Å². The first-order valence-electron chi connectivity index (χ1n) is 5.76. The Balaban J connectivity index is 1.58. The van der Waals surface area contributed by atoms with Crippen LogP contribution in [0.4, 0.5) is 0 Å². The molecule has 0 amide bonds. The molecule has 0 aromatic heterocycles. The number of carboxylic acids is 1. The lowest BCUT2D eigenvalue weighted by Crippen LogP contribution is -2.67. The van der Waals surface area contributed by atoms with E-state index in [-0.39, 0.29) is 5.41 Å². The van der Waals surface area contributed by atoms with Crippen molar-refractivity contribution in [3.63, 3.8) is 0 Å². The summed E-state index contributed by atoms with van der Waals surface area (Å²) < 4.78 is 6.54. The summed E-state index contributed by atoms with van der Waals surface area (Å²) in [5.74, 6) is 0.110. The zero-order valence-corrected chi connectivity index (χ0v) is 11.9. The van der Waals surface area contributed by atoms with Crippen molar-refractivity contribution >= 4 is 33.5 Å². The maximum atomic E-state index is 11.0. The van der Waals surface area contributed by atoms with Crippen molar-refractivity contribution in [1.82, 2.24) is 0 Å². The zero-order valence-electron chi connectivity index (χ0n) is 9.58. The number of hydrogen-bond donors (Lipinski definition) is 1. The summed E-state index contributed by atoms with van der Waals surface area (Å²) in [5.41, 5.74) is -0.325. The van der Waals surface area contributed by atoms with Gasteiger partial charge in [-0.3, -0.25) is 4.79 Å². The summed E-state index contributed by atoms with van der Waals surface area (Å²) in [7, 11) is 0. The van der Waals surface area contributed by atoms with Crippen molar-refractivity contribution in [1.29, 1.82) is 0 Å². The molecule has 1 aromatic rings. The van der Waals surface area contributed by atoms with Crippen LogP contribution in [-0.2, 0) is 4.79 Å². The van der Waals surface area contributed by atoms with Crippen molar-refractivity contribution in [2.45, 2.75) is 19.3 Å². The fourth-order valence-corrected chi connectivity index (χ4v) is 3.66. The molecule has 3 nitrogen and oxygen atoms in total. The van der Waals surface area contributed by atoms with Crippen LogP contribution < -0.4 is 4.74 Å². The molecule has 3 fully saturated rings. The van der Waals surface area contributed by atoms with E-state index < -0.39 is 11.4 Å². The van der Waals surface area contributed by atoms with E-state index in [4.69, 9.17) is 21.4 Å². The van der Waals surface area contributed by atoms with Crippen LogP contribution in [0.15, 0.2) is 22.7 Å². The molecular formula is C13H12BrClO3. The van der Waals surface area contributed by atoms with Gasteiger partial charge in [0.15, 0.2) is 0 Å². The fourth-order valence-electron chi connectivity index (χ4n) is 3.18. The average molecular weight is 332 g/mol. The van der Waals surface area contributed by atoms with Crippen molar-refractivity contribution < 1.29 is 14.6 Å². The number of hydrogen-bond acceptors (Lipinski definition) is 2. The predicted molar refractivity (Wildman–Crippen MR) is 71.0 cm³/mol. The van der Waals surface area contributed by atoms with Crippen LogP contribution in [0, 0.1) is 10.8 Å². The minimum Gasteiger partial charge on any atom is -0.493 e. The van der Waals surface area contributed by atoms with E-state index in [0.29, 0.717) is 11.6 Å². The summed E-state index contributed by atoms with van der Waals surface area (Å²) in [6, 6.07) is 5.44. The van der Waals surface area contributed by atoms with Gasteiger partial charge < -0.3 is 9.84 Å². The Bertz CT molecular complexity index is 509. The smallest absolute Gasteiger partial charge is 0.309 e. The fraction of sp³-hybridized carbons (Fsp3) is 0.462. The van der Waals surface area contributed by atoms with Gasteiger partial charge in [0.1, 0.15) is 5.75 Å². The summed E-state index contributed by atoms with van der Waals surface area (Å²) >= 11 is 9.25. The second kappa shape index (κ2) is 3.87. The molecule has 5 heteroatoms. The molecule has 18 heavy (non-hydrogen) atoms. The maximum absolute atomic E-state index is 11.0. The summed E-state index contributed by atoms with van der Waals surface area (Å²) in [6.45, 7) is 0.593. The largest absolute Gasteiger partial charge is 0.493 e. The van der Waals surface area contributed by atoms with E-state index in [1.54, 1.807) is 6.07 Å². The number of carbonyl (C=O) groups is 1. The van der Waals surface area contributed by atoms with E-state index in [1.807, 2.05) is 12.1 Å². The van der Waals surface area contributed by atoms with Crippen LogP contribution in [0.5, 0.6) is 5.75 Å². The molecule has 0 radical (unpaired) electrons. The first-order chi connectivity index (χ1) is 8.45. The highest BCUT2D eigenvalue weighted by Crippen LogP contribution is 2.73. The molecule has 1 N–H and O–H groups in total. The van der Waals surface area contributed by atoms with Gasteiger partial charge in [0.05, 0.1) is 17.0 Å². The highest BCUT2D eigenvalue weighted by Gasteiger charge is 2.72. The highest BCUT2D eigenvalue weighted by molar-refractivity contribution is 9.10. The van der Waals surface area contributed by atoms with Gasteiger partial charge in [0.2, 0.25) is 0 Å². The minimum atomic E-state index is -0.654. The van der Waals surface area contributed by atoms with Crippen LogP contribution >= 0.6 is 27.5 Å². The van der Waals surface area contributed by atoms with Gasteiger partial charge in [0, 0.05) is 9.89 Å². The maximum Gasteiger partial charge on any atom is 0.309 e. The molecule has 96 valence electrons. The summed E-state index contributed by atoms with van der Waals surface area (Å²) in [4.78, 5) is 11.0. The lowest BCUT2D eigenvalue weighted by Gasteiger charge is -2.67. The van der Waals surface area contributed by atoms with E-state index in [0.717, 1.165) is 29.5 Å². The molecular weight excluding hydrogens is 319 g/mol. The SMILES string of the molecule is O=C(O)C12CC(COc3ccc(Cl)c(Br)c3)(C1)C2. The van der Waals surface area contributed by atoms with Crippen LogP contribution in [0.2, 0.25) is 5.02 Å². The summed E-state index contributed by atoms with van der Waals surface area (Å²) in [5, 5.41) is 9.69. The normalized spacial score (nSPS) is 32.3. The third-order valence-corrected chi connectivity index (χ3v) is 5.24. The van der Waals surface area contributed by atoms with Gasteiger partial charge in [-0.2, -0.15) is 0 Å². The highest BCUT2D eigenvalue weighted by atomic mass is 79.9. The minimum absolute atomic E-state index is 0.102. The Labute approximate surface area is 118 Å². The van der Waals surface area contributed by atoms with Crippen LogP contribution in [0.1, 0.15) is 19.3 Å². The third kappa shape index (κ3) is 1.74. The van der Waals surface area contributed by atoms with Crippen molar-refractivity contribution in [2.24, 2.45) is 10.8 Å². The van der Waals surface area contributed by atoms with Gasteiger partial charge in [-0.25, -0.2) is 0 Å². The van der Waals surface area contributed by atoms with Crippen molar-refractivity contribution in [2.75, 3.05) is 6.61 Å². The topological polar surface area (TPSA) is 46.5 Å². The van der Waals surface area contributed by atoms with Gasteiger partial charge in [-0.1, -0.05) is 11.6 Å².